The van der Waals surface area contributed by atoms with Crippen molar-refractivity contribution >= 4 is 34.3 Å². The van der Waals surface area contributed by atoms with Gasteiger partial charge in [0.2, 0.25) is 0 Å². The monoisotopic (exact) mass is 464 g/mol. The lowest BCUT2D eigenvalue weighted by molar-refractivity contribution is 0.0972. The Balaban J connectivity index is 1.53. The van der Waals surface area contributed by atoms with Crippen molar-refractivity contribution in [1.82, 2.24) is 15.3 Å². The van der Waals surface area contributed by atoms with Gasteiger partial charge in [0, 0.05) is 11.9 Å². The number of unbranched alkanes of at least 4 members (excludes halogenated alkanes) is 1. The predicted molar refractivity (Wildman–Crippen MR) is 136 cm³/mol. The van der Waals surface area contributed by atoms with E-state index in [2.05, 4.69) is 38.5 Å². The molecular formula is C24H32N8O2. The molecule has 34 heavy (non-hydrogen) atoms. The number of ether oxygens (including phenoxy) is 1. The molecule has 1 aromatic heterocycles. The number of nitrogens with two attached hydrogens (primary N) is 4. The number of nitrogen functional groups attached to an aromatic ring is 2. The summed E-state index contributed by atoms with van der Waals surface area (Å²) in [7, 11) is 0. The zero-order chi connectivity index (χ0) is 24.5. The number of carbonyl (C=O) groups excluding carboxylic acids is 1. The highest BCUT2D eigenvalue weighted by Crippen LogP contribution is 2.29. The molecule has 3 aromatic rings. The molecule has 0 saturated carbocycles. The molecule has 0 bridgehead atoms. The zero-order valence-corrected chi connectivity index (χ0v) is 19.4. The summed E-state index contributed by atoms with van der Waals surface area (Å²) in [5.41, 5.74) is 24.4. The van der Waals surface area contributed by atoms with E-state index in [0.717, 1.165) is 36.8 Å². The molecule has 0 atom stereocenters. The van der Waals surface area contributed by atoms with Gasteiger partial charge in [0.25, 0.3) is 5.91 Å². The Labute approximate surface area is 198 Å². The number of aliphatic imine (C=N–C) groups is 1. The van der Waals surface area contributed by atoms with Crippen molar-refractivity contribution in [2.24, 2.45) is 16.5 Å². The quantitative estimate of drug-likeness (QED) is 0.171. The molecule has 0 spiro atoms. The first-order valence-electron chi connectivity index (χ1n) is 11.2. The fourth-order valence-corrected chi connectivity index (χ4v) is 3.50. The van der Waals surface area contributed by atoms with E-state index in [0.29, 0.717) is 25.4 Å². The van der Waals surface area contributed by atoms with Crippen molar-refractivity contribution in [2.75, 3.05) is 31.2 Å². The van der Waals surface area contributed by atoms with Crippen molar-refractivity contribution < 1.29 is 9.53 Å². The summed E-state index contributed by atoms with van der Waals surface area (Å²) in [5, 5.41) is 4.77. The Morgan fingerprint density at radius 3 is 2.56 bits per heavy atom. The molecule has 180 valence electrons. The number of nitrogens with zero attached hydrogens (tertiary/aromatic N) is 3. The van der Waals surface area contributed by atoms with Gasteiger partial charge >= 0.3 is 0 Å². The number of aromatic nitrogens is 2. The third-order valence-corrected chi connectivity index (χ3v) is 5.31. The number of guanidine groups is 1. The molecule has 0 radical (unpaired) electrons. The number of hydrogen-bond donors (Lipinski definition) is 5. The summed E-state index contributed by atoms with van der Waals surface area (Å²) in [6.45, 7) is 3.33. The fourth-order valence-electron chi connectivity index (χ4n) is 3.50. The lowest BCUT2D eigenvalue weighted by Gasteiger charge is -2.12. The van der Waals surface area contributed by atoms with E-state index in [1.54, 1.807) is 6.92 Å². The minimum atomic E-state index is -0.574. The third-order valence-electron chi connectivity index (χ3n) is 5.31. The van der Waals surface area contributed by atoms with Crippen LogP contribution in [0.15, 0.2) is 41.4 Å². The number of anilines is 2. The summed E-state index contributed by atoms with van der Waals surface area (Å²) >= 11 is 0. The molecule has 0 aliphatic carbocycles. The van der Waals surface area contributed by atoms with E-state index < -0.39 is 5.91 Å². The van der Waals surface area contributed by atoms with E-state index in [4.69, 9.17) is 27.7 Å². The number of rotatable bonds is 10. The Hall–Kier alpha value is -3.92. The van der Waals surface area contributed by atoms with Crippen LogP contribution in [0.1, 0.15) is 41.0 Å². The number of nitrogens with one attached hydrogen (secondary N) is 1. The molecule has 0 aliphatic rings. The maximum atomic E-state index is 12.3. The zero-order valence-electron chi connectivity index (χ0n) is 19.4. The van der Waals surface area contributed by atoms with E-state index in [9.17, 15) is 4.79 Å². The number of hydrogen-bond acceptors (Lipinski definition) is 8. The standard InChI is InChI=1S/C24H32N8O2/c1-15-21(26)31-22(27)20(30-15)23(33)32-24(28)29-13-5-4-7-16-10-11-19(34-14-6-12-25)18-9-3-2-8-17(16)18/h2-3,8-11H,4-7,12-14,25H2,1H3,(H4,26,27,31)(H3,28,29,32,33). The highest BCUT2D eigenvalue weighted by molar-refractivity contribution is 6.06. The van der Waals surface area contributed by atoms with E-state index in [1.807, 2.05) is 18.2 Å². The third kappa shape index (κ3) is 6.32. The SMILES string of the molecule is Cc1nc(C(=O)NC(N)=NCCCCc2ccc(OCCCN)c3ccccc23)c(N)nc1N. The Kier molecular flexibility index (Phi) is 8.58. The van der Waals surface area contributed by atoms with Crippen molar-refractivity contribution in [3.8, 4) is 5.75 Å². The average Bonchev–Trinajstić information content (AvgIpc) is 2.82. The first-order valence-corrected chi connectivity index (χ1v) is 11.2. The van der Waals surface area contributed by atoms with Gasteiger partial charge in [-0.2, -0.15) is 0 Å². The molecule has 0 unspecified atom stereocenters. The molecule has 1 heterocycles. The van der Waals surface area contributed by atoms with Gasteiger partial charge in [0.05, 0.1) is 12.3 Å². The highest BCUT2D eigenvalue weighted by Gasteiger charge is 2.15. The van der Waals surface area contributed by atoms with Crippen molar-refractivity contribution in [3.63, 3.8) is 0 Å². The lowest BCUT2D eigenvalue weighted by Crippen LogP contribution is -2.38. The van der Waals surface area contributed by atoms with Crippen LogP contribution in [0.3, 0.4) is 0 Å². The maximum Gasteiger partial charge on any atom is 0.280 e. The van der Waals surface area contributed by atoms with Crippen molar-refractivity contribution in [1.29, 1.82) is 0 Å². The normalized spacial score (nSPS) is 11.5. The molecule has 0 fully saturated rings. The fraction of sp³-hybridized carbons (Fsp3) is 0.333. The Morgan fingerprint density at radius 2 is 1.79 bits per heavy atom. The van der Waals surface area contributed by atoms with Gasteiger partial charge in [-0.25, -0.2) is 9.97 Å². The summed E-state index contributed by atoms with van der Waals surface area (Å²) in [5.74, 6) is 0.427. The number of fused-ring (bicyclic) bond motifs is 1. The smallest absolute Gasteiger partial charge is 0.280 e. The summed E-state index contributed by atoms with van der Waals surface area (Å²) in [6.07, 6.45) is 3.43. The van der Waals surface area contributed by atoms with Crippen LogP contribution in [0.2, 0.25) is 0 Å². The summed E-state index contributed by atoms with van der Waals surface area (Å²) < 4.78 is 5.90. The molecule has 9 N–H and O–H groups in total. The highest BCUT2D eigenvalue weighted by atomic mass is 16.5. The molecular weight excluding hydrogens is 432 g/mol. The summed E-state index contributed by atoms with van der Waals surface area (Å²) in [4.78, 5) is 24.5. The Morgan fingerprint density at radius 1 is 1.03 bits per heavy atom. The predicted octanol–water partition coefficient (Wildman–Crippen LogP) is 1.90. The molecule has 0 saturated heterocycles. The van der Waals surface area contributed by atoms with Gasteiger partial charge in [-0.1, -0.05) is 30.3 Å². The van der Waals surface area contributed by atoms with Gasteiger partial charge in [0.1, 0.15) is 11.6 Å². The summed E-state index contributed by atoms with van der Waals surface area (Å²) in [6, 6.07) is 12.4. The minimum absolute atomic E-state index is 0.00473. The number of benzene rings is 2. The molecule has 0 aliphatic heterocycles. The second-order valence-electron chi connectivity index (χ2n) is 7.87. The van der Waals surface area contributed by atoms with E-state index in [1.165, 1.54) is 10.9 Å². The van der Waals surface area contributed by atoms with E-state index in [-0.39, 0.29) is 23.3 Å². The Bertz CT molecular complexity index is 1180. The van der Waals surface area contributed by atoms with E-state index >= 15 is 0 Å². The van der Waals surface area contributed by atoms with Gasteiger partial charge in [-0.05, 0) is 56.2 Å². The van der Waals surface area contributed by atoms with Crippen LogP contribution in [-0.4, -0.2) is 41.5 Å². The van der Waals surface area contributed by atoms with Crippen molar-refractivity contribution in [2.45, 2.75) is 32.6 Å². The molecule has 3 rings (SSSR count). The van der Waals surface area contributed by atoms with Gasteiger partial charge < -0.3 is 27.7 Å². The molecule has 2 aromatic carbocycles. The molecule has 10 heteroatoms. The topological polar surface area (TPSA) is 181 Å². The second-order valence-corrected chi connectivity index (χ2v) is 7.87. The lowest BCUT2D eigenvalue weighted by atomic mass is 9.99. The van der Waals surface area contributed by atoms with Gasteiger partial charge in [-0.3, -0.25) is 15.1 Å². The number of amides is 1. The first kappa shape index (κ1) is 24.7. The van der Waals surface area contributed by atoms with Gasteiger partial charge in [-0.15, -0.1) is 0 Å². The largest absolute Gasteiger partial charge is 0.493 e. The average molecular weight is 465 g/mol. The van der Waals surface area contributed by atoms with Crippen LogP contribution < -0.4 is 33.0 Å². The first-order chi connectivity index (χ1) is 16.4. The van der Waals surface area contributed by atoms with Crippen LogP contribution in [0.25, 0.3) is 10.8 Å². The van der Waals surface area contributed by atoms with Crippen LogP contribution in [0.4, 0.5) is 11.6 Å². The van der Waals surface area contributed by atoms with Crippen molar-refractivity contribution in [3.05, 3.63) is 53.3 Å². The van der Waals surface area contributed by atoms with Crippen LogP contribution in [-0.2, 0) is 6.42 Å². The molecule has 10 nitrogen and oxygen atoms in total. The number of carbonyl (C=O) groups is 1. The minimum Gasteiger partial charge on any atom is -0.493 e. The number of aryl methyl sites for hydroxylation is 2. The second kappa shape index (κ2) is 11.8. The maximum absolute atomic E-state index is 12.3. The van der Waals surface area contributed by atoms with Crippen LogP contribution in [0.5, 0.6) is 5.75 Å². The van der Waals surface area contributed by atoms with Crippen LogP contribution >= 0.6 is 0 Å². The molecule has 1 amide bonds. The van der Waals surface area contributed by atoms with Crippen LogP contribution in [0, 0.1) is 6.92 Å². The van der Waals surface area contributed by atoms with Gasteiger partial charge in [0.15, 0.2) is 17.5 Å².